The van der Waals surface area contributed by atoms with Crippen LogP contribution in [0, 0.1) is 10.5 Å². The highest BCUT2D eigenvalue weighted by atomic mass is 127. The molecule has 2 aromatic carbocycles. The largest absolute Gasteiger partial charge is 0.490 e. The summed E-state index contributed by atoms with van der Waals surface area (Å²) in [6, 6.07) is 11.9. The van der Waals surface area contributed by atoms with Gasteiger partial charge < -0.3 is 19.4 Å². The summed E-state index contributed by atoms with van der Waals surface area (Å²) < 4.78 is 14.8. The number of benzene rings is 2. The first kappa shape index (κ1) is 26.3. The van der Waals surface area contributed by atoms with Crippen LogP contribution in [0.2, 0.25) is 0 Å². The standard InChI is InChI=1S/C25H31IN4O3S/c1-6-30-23(14-33-21-11-8-17(5)12-22(21)32-7-2)28-29-25(30)34-15-24(31)27-20-10-9-18(26)13-19(20)16(3)4/h8-13,16H,6-7,14-15H2,1-5H3,(H,27,31). The Bertz CT molecular complexity index is 1130. The van der Waals surface area contributed by atoms with E-state index in [9.17, 15) is 4.79 Å². The molecular formula is C25H31IN4O3S. The van der Waals surface area contributed by atoms with Gasteiger partial charge in [-0.05, 0) is 90.7 Å². The van der Waals surface area contributed by atoms with E-state index in [-0.39, 0.29) is 18.3 Å². The van der Waals surface area contributed by atoms with Crippen LogP contribution in [-0.2, 0) is 17.9 Å². The number of aromatic nitrogens is 3. The molecule has 3 aromatic rings. The molecule has 34 heavy (non-hydrogen) atoms. The molecule has 0 atom stereocenters. The maximum Gasteiger partial charge on any atom is 0.234 e. The molecule has 0 spiro atoms. The first-order valence-electron chi connectivity index (χ1n) is 11.3. The van der Waals surface area contributed by atoms with Crippen molar-refractivity contribution < 1.29 is 14.3 Å². The molecule has 0 aliphatic carbocycles. The molecule has 9 heteroatoms. The fourth-order valence-corrected chi connectivity index (χ4v) is 4.77. The number of hydrogen-bond acceptors (Lipinski definition) is 6. The van der Waals surface area contributed by atoms with E-state index in [4.69, 9.17) is 9.47 Å². The monoisotopic (exact) mass is 594 g/mol. The second-order valence-corrected chi connectivity index (χ2v) is 10.2. The van der Waals surface area contributed by atoms with Gasteiger partial charge in [0.25, 0.3) is 0 Å². The third kappa shape index (κ3) is 6.88. The highest BCUT2D eigenvalue weighted by Crippen LogP contribution is 2.30. The predicted octanol–water partition coefficient (Wildman–Crippen LogP) is 6.04. The van der Waals surface area contributed by atoms with E-state index in [2.05, 4.69) is 58.0 Å². The van der Waals surface area contributed by atoms with Crippen molar-refractivity contribution in [3.05, 3.63) is 56.9 Å². The van der Waals surface area contributed by atoms with E-state index < -0.39 is 0 Å². The Morgan fingerprint density at radius 3 is 2.62 bits per heavy atom. The maximum atomic E-state index is 12.7. The number of rotatable bonds is 11. The highest BCUT2D eigenvalue weighted by molar-refractivity contribution is 14.1. The van der Waals surface area contributed by atoms with Crippen molar-refractivity contribution >= 4 is 45.9 Å². The summed E-state index contributed by atoms with van der Waals surface area (Å²) in [6.45, 7) is 11.7. The van der Waals surface area contributed by atoms with Gasteiger partial charge in [-0.1, -0.05) is 31.7 Å². The SMILES string of the molecule is CCOc1cc(C)ccc1OCc1nnc(SCC(=O)Nc2ccc(I)cc2C(C)C)n1CC. The number of carbonyl (C=O) groups is 1. The zero-order chi connectivity index (χ0) is 24.7. The van der Waals surface area contributed by atoms with Crippen LogP contribution in [-0.4, -0.2) is 33.0 Å². The Morgan fingerprint density at radius 2 is 1.91 bits per heavy atom. The lowest BCUT2D eigenvalue weighted by molar-refractivity contribution is -0.113. The van der Waals surface area contributed by atoms with E-state index >= 15 is 0 Å². The third-order valence-corrected chi connectivity index (χ3v) is 6.75. The number of anilines is 1. The van der Waals surface area contributed by atoms with Crippen LogP contribution >= 0.6 is 34.4 Å². The lowest BCUT2D eigenvalue weighted by atomic mass is 10.0. The lowest BCUT2D eigenvalue weighted by Gasteiger charge is -2.14. The topological polar surface area (TPSA) is 78.3 Å². The third-order valence-electron chi connectivity index (χ3n) is 5.11. The molecule has 0 aliphatic heterocycles. The first-order valence-corrected chi connectivity index (χ1v) is 13.4. The number of thioether (sulfide) groups is 1. The minimum absolute atomic E-state index is 0.0717. The lowest BCUT2D eigenvalue weighted by Crippen LogP contribution is -2.16. The second kappa shape index (κ2) is 12.4. The number of aryl methyl sites for hydroxylation is 1. The summed E-state index contributed by atoms with van der Waals surface area (Å²) in [6.07, 6.45) is 0. The van der Waals surface area contributed by atoms with Crippen molar-refractivity contribution in [1.82, 2.24) is 14.8 Å². The molecule has 0 radical (unpaired) electrons. The molecule has 1 aromatic heterocycles. The van der Waals surface area contributed by atoms with Crippen LogP contribution in [0.3, 0.4) is 0 Å². The smallest absolute Gasteiger partial charge is 0.234 e. The van der Waals surface area contributed by atoms with Crippen LogP contribution in [0.25, 0.3) is 0 Å². The minimum atomic E-state index is -0.0717. The molecule has 3 rings (SSSR count). The average Bonchev–Trinajstić information content (AvgIpc) is 3.20. The Labute approximate surface area is 219 Å². The van der Waals surface area contributed by atoms with Crippen molar-refractivity contribution in [1.29, 1.82) is 0 Å². The molecule has 182 valence electrons. The summed E-state index contributed by atoms with van der Waals surface area (Å²) in [5.41, 5.74) is 3.09. The van der Waals surface area contributed by atoms with Crippen molar-refractivity contribution in [2.45, 2.75) is 58.8 Å². The molecule has 1 amide bonds. The van der Waals surface area contributed by atoms with E-state index in [0.29, 0.717) is 41.5 Å². The quantitative estimate of drug-likeness (QED) is 0.216. The molecule has 1 N–H and O–H groups in total. The molecule has 7 nitrogen and oxygen atoms in total. The number of ether oxygens (including phenoxy) is 2. The van der Waals surface area contributed by atoms with E-state index in [1.807, 2.05) is 55.7 Å². The Balaban J connectivity index is 1.63. The van der Waals surface area contributed by atoms with E-state index in [1.54, 1.807) is 0 Å². The Morgan fingerprint density at radius 1 is 1.12 bits per heavy atom. The minimum Gasteiger partial charge on any atom is -0.490 e. The van der Waals surface area contributed by atoms with Gasteiger partial charge in [0.2, 0.25) is 5.91 Å². The number of halogens is 1. The van der Waals surface area contributed by atoms with Gasteiger partial charge >= 0.3 is 0 Å². The fraction of sp³-hybridized carbons (Fsp3) is 0.400. The Kier molecular flexibility index (Phi) is 9.63. The van der Waals surface area contributed by atoms with Gasteiger partial charge in [0, 0.05) is 15.8 Å². The zero-order valence-corrected chi connectivity index (χ0v) is 23.2. The van der Waals surface area contributed by atoms with Gasteiger partial charge in [-0.3, -0.25) is 4.79 Å². The predicted molar refractivity (Wildman–Crippen MR) is 145 cm³/mol. The molecule has 0 saturated heterocycles. The van der Waals surface area contributed by atoms with Gasteiger partial charge in [-0.25, -0.2) is 0 Å². The van der Waals surface area contributed by atoms with Gasteiger partial charge in [0.05, 0.1) is 12.4 Å². The second-order valence-electron chi connectivity index (χ2n) is 8.04. The summed E-state index contributed by atoms with van der Waals surface area (Å²) in [5, 5.41) is 12.3. The summed E-state index contributed by atoms with van der Waals surface area (Å²) in [4.78, 5) is 12.7. The van der Waals surface area contributed by atoms with Crippen LogP contribution in [0.4, 0.5) is 5.69 Å². The van der Waals surface area contributed by atoms with Gasteiger partial charge in [-0.2, -0.15) is 0 Å². The van der Waals surface area contributed by atoms with E-state index in [1.165, 1.54) is 11.8 Å². The molecule has 0 bridgehead atoms. The molecule has 0 aliphatic rings. The van der Waals surface area contributed by atoms with Crippen molar-refractivity contribution in [2.24, 2.45) is 0 Å². The van der Waals surface area contributed by atoms with Crippen LogP contribution in [0.5, 0.6) is 11.5 Å². The fourth-order valence-electron chi connectivity index (χ4n) is 3.44. The summed E-state index contributed by atoms with van der Waals surface area (Å²) >= 11 is 3.66. The normalized spacial score (nSPS) is 11.0. The molecular weight excluding hydrogens is 563 g/mol. The Hall–Kier alpha value is -2.27. The van der Waals surface area contributed by atoms with Crippen LogP contribution in [0.15, 0.2) is 41.6 Å². The number of amides is 1. The van der Waals surface area contributed by atoms with Crippen molar-refractivity contribution in [3.63, 3.8) is 0 Å². The zero-order valence-electron chi connectivity index (χ0n) is 20.2. The van der Waals surface area contributed by atoms with Gasteiger partial charge in [-0.15, -0.1) is 10.2 Å². The molecule has 0 unspecified atom stereocenters. The molecule has 0 saturated carbocycles. The van der Waals surface area contributed by atoms with Gasteiger partial charge in [0.15, 0.2) is 22.5 Å². The average molecular weight is 595 g/mol. The van der Waals surface area contributed by atoms with Crippen molar-refractivity contribution in [2.75, 3.05) is 17.7 Å². The highest BCUT2D eigenvalue weighted by Gasteiger charge is 2.16. The number of nitrogens with one attached hydrogen (secondary N) is 1. The molecule has 1 heterocycles. The summed E-state index contributed by atoms with van der Waals surface area (Å²) in [7, 11) is 0. The van der Waals surface area contributed by atoms with Crippen LogP contribution < -0.4 is 14.8 Å². The number of hydrogen-bond donors (Lipinski definition) is 1. The first-order chi connectivity index (χ1) is 16.3. The van der Waals surface area contributed by atoms with Crippen molar-refractivity contribution in [3.8, 4) is 11.5 Å². The van der Waals surface area contributed by atoms with Crippen LogP contribution in [0.1, 0.15) is 50.6 Å². The summed E-state index contributed by atoms with van der Waals surface area (Å²) in [5.74, 6) is 2.58. The van der Waals surface area contributed by atoms with Gasteiger partial charge in [0.1, 0.15) is 6.61 Å². The number of nitrogens with zero attached hydrogens (tertiary/aromatic N) is 3. The number of carbonyl (C=O) groups excluding carboxylic acids is 1. The molecule has 0 fully saturated rings. The maximum absolute atomic E-state index is 12.7. The van der Waals surface area contributed by atoms with E-state index in [0.717, 1.165) is 20.4 Å².